The first kappa shape index (κ1) is 16.8. The fourth-order valence-electron chi connectivity index (χ4n) is 3.93. The van der Waals surface area contributed by atoms with Gasteiger partial charge in [0.05, 0.1) is 10.9 Å². The monoisotopic (exact) mass is 374 g/mol. The highest BCUT2D eigenvalue weighted by Gasteiger charge is 2.36. The molecule has 0 saturated carbocycles. The summed E-state index contributed by atoms with van der Waals surface area (Å²) in [5.74, 6) is 0.464. The molecule has 2 aromatic rings. The van der Waals surface area contributed by atoms with E-state index in [9.17, 15) is 9.59 Å². The molecule has 0 unspecified atom stereocenters. The molecule has 0 radical (unpaired) electrons. The van der Waals surface area contributed by atoms with Crippen molar-refractivity contribution in [3.63, 3.8) is 0 Å². The van der Waals surface area contributed by atoms with E-state index in [0.29, 0.717) is 19.0 Å². The Morgan fingerprint density at radius 1 is 0.960 bits per heavy atom. The van der Waals surface area contributed by atoms with Crippen LogP contribution in [-0.2, 0) is 4.79 Å². The number of likely N-dealkylation sites (tertiary alicyclic amines) is 2. The molecule has 2 fully saturated rings. The molecule has 2 aliphatic heterocycles. The van der Waals surface area contributed by atoms with Crippen molar-refractivity contribution in [1.82, 2.24) is 9.80 Å². The highest BCUT2D eigenvalue weighted by Crippen LogP contribution is 2.36. The Kier molecular flexibility index (Phi) is 4.90. The lowest BCUT2D eigenvalue weighted by Gasteiger charge is -2.34. The lowest BCUT2D eigenvalue weighted by atomic mass is 9.94. The first-order chi connectivity index (χ1) is 12.2. The molecule has 25 heavy (non-hydrogen) atoms. The van der Waals surface area contributed by atoms with Gasteiger partial charge in [-0.25, -0.2) is 0 Å². The molecule has 1 atom stereocenters. The Balaban J connectivity index is 1.37. The Morgan fingerprint density at radius 3 is 2.40 bits per heavy atom. The van der Waals surface area contributed by atoms with Gasteiger partial charge >= 0.3 is 0 Å². The largest absolute Gasteiger partial charge is 0.338 e. The Hall–Kier alpha value is -1.66. The third-order valence-corrected chi connectivity index (χ3v) is 7.10. The number of carbonyl (C=O) groups is 2. The summed E-state index contributed by atoms with van der Waals surface area (Å²) in [6, 6.07) is 8.25. The minimum atomic E-state index is 0.0629. The second-order valence-electron chi connectivity index (χ2n) is 6.75. The van der Waals surface area contributed by atoms with Crippen molar-refractivity contribution in [1.29, 1.82) is 0 Å². The number of rotatable bonds is 3. The SMILES string of the molecule is O=C(c1cccs1)N1CCC(C(=O)N2CCC[C@@H]2c2cccs2)CC1. The normalized spacial score (nSPS) is 21.7. The van der Waals surface area contributed by atoms with E-state index in [1.165, 1.54) is 16.2 Å². The van der Waals surface area contributed by atoms with E-state index in [1.54, 1.807) is 11.3 Å². The van der Waals surface area contributed by atoms with Gasteiger partial charge in [0.15, 0.2) is 0 Å². The van der Waals surface area contributed by atoms with Crippen molar-refractivity contribution < 1.29 is 9.59 Å². The maximum atomic E-state index is 13.0. The number of hydrogen-bond acceptors (Lipinski definition) is 4. The Morgan fingerprint density at radius 2 is 1.72 bits per heavy atom. The second kappa shape index (κ2) is 7.30. The third-order valence-electron chi connectivity index (χ3n) is 5.27. The van der Waals surface area contributed by atoms with E-state index < -0.39 is 0 Å². The molecule has 6 heteroatoms. The van der Waals surface area contributed by atoms with Crippen LogP contribution in [0, 0.1) is 5.92 Å². The van der Waals surface area contributed by atoms with Crippen LogP contribution in [0.1, 0.15) is 46.3 Å². The van der Waals surface area contributed by atoms with Crippen LogP contribution in [0.25, 0.3) is 0 Å². The zero-order valence-corrected chi connectivity index (χ0v) is 15.7. The molecule has 4 nitrogen and oxygen atoms in total. The minimum absolute atomic E-state index is 0.0629. The molecule has 2 aromatic heterocycles. The summed E-state index contributed by atoms with van der Waals surface area (Å²) >= 11 is 3.23. The van der Waals surface area contributed by atoms with Crippen molar-refractivity contribution in [3.8, 4) is 0 Å². The summed E-state index contributed by atoms with van der Waals surface area (Å²) in [6.07, 6.45) is 3.72. The molecule has 0 aliphatic carbocycles. The number of nitrogens with zero attached hydrogens (tertiary/aromatic N) is 2. The number of amides is 2. The van der Waals surface area contributed by atoms with Gasteiger partial charge in [-0.05, 0) is 48.6 Å². The van der Waals surface area contributed by atoms with Crippen LogP contribution in [0.5, 0.6) is 0 Å². The lowest BCUT2D eigenvalue weighted by molar-refractivity contribution is -0.137. The topological polar surface area (TPSA) is 40.6 Å². The maximum absolute atomic E-state index is 13.0. The van der Waals surface area contributed by atoms with Crippen molar-refractivity contribution in [2.24, 2.45) is 5.92 Å². The second-order valence-corrected chi connectivity index (χ2v) is 8.68. The quantitative estimate of drug-likeness (QED) is 0.814. The van der Waals surface area contributed by atoms with Gasteiger partial charge in [-0.1, -0.05) is 12.1 Å². The summed E-state index contributed by atoms with van der Waals surface area (Å²) in [7, 11) is 0. The number of hydrogen-bond donors (Lipinski definition) is 0. The van der Waals surface area contributed by atoms with Crippen LogP contribution in [0.4, 0.5) is 0 Å². The average Bonchev–Trinajstić information content (AvgIpc) is 3.42. The molecule has 0 spiro atoms. The van der Waals surface area contributed by atoms with Gasteiger partial charge in [0.25, 0.3) is 5.91 Å². The predicted octanol–water partition coefficient (Wildman–Crippen LogP) is 4.03. The van der Waals surface area contributed by atoms with Crippen LogP contribution in [-0.4, -0.2) is 41.2 Å². The molecule has 132 valence electrons. The molecule has 0 aromatic carbocycles. The van der Waals surface area contributed by atoms with Crippen molar-refractivity contribution in [2.45, 2.75) is 31.7 Å². The highest BCUT2D eigenvalue weighted by atomic mass is 32.1. The lowest BCUT2D eigenvalue weighted by Crippen LogP contribution is -2.44. The van der Waals surface area contributed by atoms with E-state index in [2.05, 4.69) is 22.4 Å². The molecule has 4 heterocycles. The van der Waals surface area contributed by atoms with Gasteiger partial charge in [0, 0.05) is 30.4 Å². The fourth-order valence-corrected chi connectivity index (χ4v) is 5.49. The van der Waals surface area contributed by atoms with Crippen molar-refractivity contribution >= 4 is 34.5 Å². The summed E-state index contributed by atoms with van der Waals surface area (Å²) in [4.78, 5) is 31.6. The molecule has 2 amide bonds. The van der Waals surface area contributed by atoms with Crippen molar-refractivity contribution in [3.05, 3.63) is 44.8 Å². The molecule has 2 aliphatic rings. The number of piperidine rings is 1. The summed E-state index contributed by atoms with van der Waals surface area (Å²) < 4.78 is 0. The van der Waals surface area contributed by atoms with Crippen LogP contribution in [0.15, 0.2) is 35.0 Å². The van der Waals surface area contributed by atoms with Crippen molar-refractivity contribution in [2.75, 3.05) is 19.6 Å². The molecular formula is C19H22N2O2S2. The van der Waals surface area contributed by atoms with Crippen LogP contribution in [0.2, 0.25) is 0 Å². The number of carbonyl (C=O) groups excluding carboxylic acids is 2. The minimum Gasteiger partial charge on any atom is -0.338 e. The average molecular weight is 375 g/mol. The van der Waals surface area contributed by atoms with Gasteiger partial charge < -0.3 is 9.80 Å². The van der Waals surface area contributed by atoms with Gasteiger partial charge in [-0.2, -0.15) is 0 Å². The smallest absolute Gasteiger partial charge is 0.263 e. The maximum Gasteiger partial charge on any atom is 0.263 e. The standard InChI is InChI=1S/C19H22N2O2S2/c22-18(21-9-1-4-15(21)16-5-2-12-24-16)14-7-10-20(11-8-14)19(23)17-6-3-13-25-17/h2-3,5-6,12-15H,1,4,7-11H2/t15-/m1/s1. The van der Waals surface area contributed by atoms with Crippen LogP contribution in [0.3, 0.4) is 0 Å². The molecular weight excluding hydrogens is 352 g/mol. The summed E-state index contributed by atoms with van der Waals surface area (Å²) in [5, 5.41) is 4.02. The first-order valence-corrected chi connectivity index (χ1v) is 10.7. The van der Waals surface area contributed by atoms with Gasteiger partial charge in [0.1, 0.15) is 0 Å². The predicted molar refractivity (Wildman–Crippen MR) is 101 cm³/mol. The Bertz CT molecular complexity index is 719. The first-order valence-electron chi connectivity index (χ1n) is 8.90. The Labute approximate surface area is 156 Å². The van der Waals surface area contributed by atoms with Gasteiger partial charge in [0.2, 0.25) is 5.91 Å². The number of thiophene rings is 2. The zero-order valence-electron chi connectivity index (χ0n) is 14.1. The zero-order chi connectivity index (χ0) is 17.2. The van der Waals surface area contributed by atoms with Gasteiger partial charge in [-0.15, -0.1) is 22.7 Å². The van der Waals surface area contributed by atoms with E-state index >= 15 is 0 Å². The summed E-state index contributed by atoms with van der Waals surface area (Å²) in [6.45, 7) is 2.24. The molecule has 0 N–H and O–H groups in total. The highest BCUT2D eigenvalue weighted by molar-refractivity contribution is 7.12. The van der Waals surface area contributed by atoms with Crippen LogP contribution < -0.4 is 0 Å². The van der Waals surface area contributed by atoms with Crippen LogP contribution >= 0.6 is 22.7 Å². The van der Waals surface area contributed by atoms with E-state index in [0.717, 1.165) is 37.1 Å². The molecule has 0 bridgehead atoms. The van der Waals surface area contributed by atoms with Gasteiger partial charge in [-0.3, -0.25) is 9.59 Å². The molecule has 4 rings (SSSR count). The van der Waals surface area contributed by atoms with E-state index in [4.69, 9.17) is 0 Å². The molecule has 2 saturated heterocycles. The van der Waals surface area contributed by atoms with E-state index in [-0.39, 0.29) is 17.9 Å². The fraction of sp³-hybridized carbons (Fsp3) is 0.474. The van der Waals surface area contributed by atoms with E-state index in [1.807, 2.05) is 22.4 Å². The third kappa shape index (κ3) is 3.37. The summed E-state index contributed by atoms with van der Waals surface area (Å²) in [5.41, 5.74) is 0.